The fraction of sp³-hybridized carbons (Fsp3) is 0.550. The maximum absolute atomic E-state index is 12.3. The summed E-state index contributed by atoms with van der Waals surface area (Å²) >= 11 is 0. The highest BCUT2D eigenvalue weighted by atomic mass is 16.5. The van der Waals surface area contributed by atoms with Crippen LogP contribution in [0.2, 0.25) is 0 Å². The lowest BCUT2D eigenvalue weighted by molar-refractivity contribution is -0.111. The van der Waals surface area contributed by atoms with E-state index in [4.69, 9.17) is 4.74 Å². The molecule has 0 atom stereocenters. The maximum Gasteiger partial charge on any atom is 0.248 e. The lowest BCUT2D eigenvalue weighted by Crippen LogP contribution is -2.35. The van der Waals surface area contributed by atoms with Crippen LogP contribution in [0.5, 0.6) is 0 Å². The lowest BCUT2D eigenvalue weighted by Gasteiger charge is -2.34. The average molecular weight is 344 g/mol. The van der Waals surface area contributed by atoms with E-state index in [1.165, 1.54) is 0 Å². The number of ether oxygens (including phenoxy) is 1. The Balaban J connectivity index is 1.60. The first-order valence-electron chi connectivity index (χ1n) is 9.28. The molecule has 5 nitrogen and oxygen atoms in total. The number of piperidine rings is 1. The quantitative estimate of drug-likeness (QED) is 0.807. The summed E-state index contributed by atoms with van der Waals surface area (Å²) in [5.41, 5.74) is 1.92. The van der Waals surface area contributed by atoms with Crippen LogP contribution in [0.4, 0.5) is 11.4 Å². The molecule has 1 aromatic carbocycles. The SMILES string of the molecule is O=C(/C=C/C1CCOCC1)Nc1ccccc1N1CCC(CO)CC1. The fourth-order valence-electron chi connectivity index (χ4n) is 3.52. The van der Waals surface area contributed by atoms with E-state index in [-0.39, 0.29) is 12.5 Å². The predicted octanol–water partition coefficient (Wildman–Crippen LogP) is 2.82. The zero-order valence-electron chi connectivity index (χ0n) is 14.7. The molecule has 3 rings (SSSR count). The van der Waals surface area contributed by atoms with E-state index in [2.05, 4.69) is 16.3 Å². The normalized spacial score (nSPS) is 20.1. The van der Waals surface area contributed by atoms with E-state index in [0.717, 1.165) is 63.4 Å². The van der Waals surface area contributed by atoms with Gasteiger partial charge in [-0.05, 0) is 55.7 Å². The summed E-state index contributed by atoms with van der Waals surface area (Å²) in [5, 5.41) is 12.3. The molecular weight excluding hydrogens is 316 g/mol. The van der Waals surface area contributed by atoms with E-state index in [1.807, 2.05) is 24.3 Å². The fourth-order valence-corrected chi connectivity index (χ4v) is 3.52. The van der Waals surface area contributed by atoms with Crippen molar-refractivity contribution in [2.75, 3.05) is 43.1 Å². The standard InChI is InChI=1S/C20H28N2O3/c23-15-17-7-11-22(12-8-17)19-4-2-1-3-18(19)21-20(24)6-5-16-9-13-25-14-10-16/h1-6,16-17,23H,7-15H2,(H,21,24)/b6-5+. The number of nitrogens with one attached hydrogen (secondary N) is 1. The monoisotopic (exact) mass is 344 g/mol. The van der Waals surface area contributed by atoms with Gasteiger partial charge in [0.25, 0.3) is 0 Å². The molecule has 0 unspecified atom stereocenters. The number of carbonyl (C=O) groups is 1. The molecule has 2 heterocycles. The number of carbonyl (C=O) groups excluding carboxylic acids is 1. The summed E-state index contributed by atoms with van der Waals surface area (Å²) in [7, 11) is 0. The molecule has 0 aromatic heterocycles. The molecule has 1 amide bonds. The molecule has 2 aliphatic heterocycles. The summed E-state index contributed by atoms with van der Waals surface area (Å²) < 4.78 is 5.35. The molecule has 25 heavy (non-hydrogen) atoms. The van der Waals surface area contributed by atoms with Crippen LogP contribution in [0.1, 0.15) is 25.7 Å². The van der Waals surface area contributed by atoms with Crippen LogP contribution in [-0.2, 0) is 9.53 Å². The molecule has 2 N–H and O–H groups in total. The van der Waals surface area contributed by atoms with Crippen molar-refractivity contribution in [1.29, 1.82) is 0 Å². The van der Waals surface area contributed by atoms with E-state index in [9.17, 15) is 9.90 Å². The predicted molar refractivity (Wildman–Crippen MR) is 99.8 cm³/mol. The molecule has 5 heteroatoms. The molecular formula is C20H28N2O3. The number of allylic oxidation sites excluding steroid dienone is 1. The number of nitrogens with zero attached hydrogens (tertiary/aromatic N) is 1. The minimum atomic E-state index is -0.0795. The van der Waals surface area contributed by atoms with E-state index < -0.39 is 0 Å². The third-order valence-electron chi connectivity index (χ3n) is 5.16. The van der Waals surface area contributed by atoms with E-state index in [1.54, 1.807) is 6.08 Å². The summed E-state index contributed by atoms with van der Waals surface area (Å²) in [5.74, 6) is 0.761. The van der Waals surface area contributed by atoms with Crippen molar-refractivity contribution >= 4 is 17.3 Å². The minimum absolute atomic E-state index is 0.0795. The largest absolute Gasteiger partial charge is 0.396 e. The first-order chi connectivity index (χ1) is 12.3. The van der Waals surface area contributed by atoms with Gasteiger partial charge in [-0.1, -0.05) is 18.2 Å². The van der Waals surface area contributed by atoms with Crippen LogP contribution in [0.25, 0.3) is 0 Å². The molecule has 0 radical (unpaired) electrons. The maximum atomic E-state index is 12.3. The molecule has 0 saturated carbocycles. The Morgan fingerprint density at radius 1 is 1.20 bits per heavy atom. The molecule has 2 fully saturated rings. The summed E-state index contributed by atoms with van der Waals surface area (Å²) in [4.78, 5) is 14.6. The second-order valence-corrected chi connectivity index (χ2v) is 6.93. The third kappa shape index (κ3) is 5.06. The van der Waals surface area contributed by atoms with Crippen molar-refractivity contribution in [3.8, 4) is 0 Å². The van der Waals surface area contributed by atoms with Crippen molar-refractivity contribution in [1.82, 2.24) is 0 Å². The van der Waals surface area contributed by atoms with Gasteiger partial charge in [-0.2, -0.15) is 0 Å². The number of hydrogen-bond acceptors (Lipinski definition) is 4. The van der Waals surface area contributed by atoms with Gasteiger partial charge in [-0.15, -0.1) is 0 Å². The summed E-state index contributed by atoms with van der Waals surface area (Å²) in [6.45, 7) is 3.65. The number of amides is 1. The number of rotatable bonds is 5. The molecule has 2 saturated heterocycles. The highest BCUT2D eigenvalue weighted by Gasteiger charge is 2.20. The Hall–Kier alpha value is -1.85. The number of aliphatic hydroxyl groups is 1. The smallest absolute Gasteiger partial charge is 0.248 e. The second kappa shape index (κ2) is 9.02. The molecule has 136 valence electrons. The Kier molecular flexibility index (Phi) is 6.48. The summed E-state index contributed by atoms with van der Waals surface area (Å²) in [6.07, 6.45) is 7.61. The molecule has 2 aliphatic rings. The third-order valence-corrected chi connectivity index (χ3v) is 5.16. The highest BCUT2D eigenvalue weighted by Crippen LogP contribution is 2.29. The Morgan fingerprint density at radius 2 is 1.92 bits per heavy atom. The van der Waals surface area contributed by atoms with Gasteiger partial charge in [0.2, 0.25) is 5.91 Å². The first-order valence-corrected chi connectivity index (χ1v) is 9.28. The molecule has 0 spiro atoms. The number of anilines is 2. The topological polar surface area (TPSA) is 61.8 Å². The van der Waals surface area contributed by atoms with Crippen LogP contribution in [0.15, 0.2) is 36.4 Å². The van der Waals surface area contributed by atoms with Crippen LogP contribution in [0, 0.1) is 11.8 Å². The van der Waals surface area contributed by atoms with Crippen molar-refractivity contribution in [2.24, 2.45) is 11.8 Å². The van der Waals surface area contributed by atoms with Crippen LogP contribution in [-0.4, -0.2) is 43.9 Å². The summed E-state index contributed by atoms with van der Waals surface area (Å²) in [6, 6.07) is 7.95. The zero-order chi connectivity index (χ0) is 17.5. The van der Waals surface area contributed by atoms with Crippen LogP contribution >= 0.6 is 0 Å². The number of hydrogen-bond donors (Lipinski definition) is 2. The van der Waals surface area contributed by atoms with Gasteiger partial charge in [-0.3, -0.25) is 4.79 Å². The molecule has 0 bridgehead atoms. The first kappa shape index (κ1) is 18.0. The van der Waals surface area contributed by atoms with Gasteiger partial charge in [0.05, 0.1) is 11.4 Å². The Bertz CT molecular complexity index is 588. The van der Waals surface area contributed by atoms with E-state index in [0.29, 0.717) is 11.8 Å². The number of benzene rings is 1. The second-order valence-electron chi connectivity index (χ2n) is 6.93. The van der Waals surface area contributed by atoms with Gasteiger partial charge in [-0.25, -0.2) is 0 Å². The van der Waals surface area contributed by atoms with Gasteiger partial charge in [0, 0.05) is 32.9 Å². The van der Waals surface area contributed by atoms with Crippen LogP contribution < -0.4 is 10.2 Å². The Morgan fingerprint density at radius 3 is 2.64 bits per heavy atom. The Labute approximate surface area is 149 Å². The van der Waals surface area contributed by atoms with Gasteiger partial charge < -0.3 is 20.1 Å². The van der Waals surface area contributed by atoms with Crippen molar-refractivity contribution in [3.63, 3.8) is 0 Å². The van der Waals surface area contributed by atoms with E-state index >= 15 is 0 Å². The van der Waals surface area contributed by atoms with Gasteiger partial charge in [0.1, 0.15) is 0 Å². The van der Waals surface area contributed by atoms with Gasteiger partial charge >= 0.3 is 0 Å². The van der Waals surface area contributed by atoms with Crippen molar-refractivity contribution in [2.45, 2.75) is 25.7 Å². The van der Waals surface area contributed by atoms with Crippen LogP contribution in [0.3, 0.4) is 0 Å². The average Bonchev–Trinajstić information content (AvgIpc) is 2.68. The van der Waals surface area contributed by atoms with Crippen molar-refractivity contribution in [3.05, 3.63) is 36.4 Å². The molecule has 0 aliphatic carbocycles. The number of para-hydroxylation sites is 2. The zero-order valence-corrected chi connectivity index (χ0v) is 14.7. The van der Waals surface area contributed by atoms with Crippen molar-refractivity contribution < 1.29 is 14.6 Å². The minimum Gasteiger partial charge on any atom is -0.396 e. The highest BCUT2D eigenvalue weighted by molar-refractivity contribution is 6.01. The lowest BCUT2D eigenvalue weighted by atomic mass is 9.97. The van der Waals surface area contributed by atoms with Gasteiger partial charge in [0.15, 0.2) is 0 Å². The molecule has 1 aromatic rings. The number of aliphatic hydroxyl groups excluding tert-OH is 1.